The van der Waals surface area contributed by atoms with Gasteiger partial charge in [0.05, 0.1) is 18.3 Å². The molecule has 2 aliphatic rings. The van der Waals surface area contributed by atoms with Gasteiger partial charge in [-0.05, 0) is 56.2 Å². The van der Waals surface area contributed by atoms with Gasteiger partial charge in [-0.2, -0.15) is 0 Å². The number of benzene rings is 1. The Labute approximate surface area is 109 Å². The van der Waals surface area contributed by atoms with Crippen molar-refractivity contribution in [1.29, 1.82) is 0 Å². The van der Waals surface area contributed by atoms with Crippen LogP contribution in [0.25, 0.3) is 0 Å². The summed E-state index contributed by atoms with van der Waals surface area (Å²) in [6.45, 7) is 4.26. The Bertz CT molecular complexity index is 420. The monoisotopic (exact) mass is 246 g/mol. The molecule has 0 saturated carbocycles. The van der Waals surface area contributed by atoms with Gasteiger partial charge in [-0.1, -0.05) is 18.2 Å². The molecule has 3 rings (SSSR count). The number of aryl methyl sites for hydroxylation is 2. The van der Waals surface area contributed by atoms with E-state index in [4.69, 9.17) is 4.74 Å². The molecule has 0 spiro atoms. The molecular formula is C16H22O2. The standard InChI is InChI=1S/C16H22O2/c1-10-4-3-5-11(2)13(10)9-15(17)14-8-12-6-7-16(14)18-12/h3-5,12,14-17H,6-9H2,1-2H3. The molecule has 1 N–H and O–H groups in total. The maximum Gasteiger partial charge on any atom is 0.0634 e. The lowest BCUT2D eigenvalue weighted by molar-refractivity contribution is 0.0430. The molecule has 0 amide bonds. The van der Waals surface area contributed by atoms with E-state index in [1.807, 2.05) is 0 Å². The fourth-order valence-electron chi connectivity index (χ4n) is 3.61. The van der Waals surface area contributed by atoms with E-state index in [0.717, 1.165) is 19.3 Å². The quantitative estimate of drug-likeness (QED) is 0.888. The Balaban J connectivity index is 1.73. The van der Waals surface area contributed by atoms with Gasteiger partial charge in [-0.15, -0.1) is 0 Å². The van der Waals surface area contributed by atoms with E-state index >= 15 is 0 Å². The maximum atomic E-state index is 10.5. The third kappa shape index (κ3) is 2.08. The maximum absolute atomic E-state index is 10.5. The molecule has 0 aliphatic carbocycles. The summed E-state index contributed by atoms with van der Waals surface area (Å²) in [4.78, 5) is 0. The van der Waals surface area contributed by atoms with Gasteiger partial charge >= 0.3 is 0 Å². The van der Waals surface area contributed by atoms with Crippen LogP contribution in [0.3, 0.4) is 0 Å². The average molecular weight is 246 g/mol. The molecule has 0 radical (unpaired) electrons. The smallest absolute Gasteiger partial charge is 0.0634 e. The van der Waals surface area contributed by atoms with Crippen molar-refractivity contribution in [1.82, 2.24) is 0 Å². The van der Waals surface area contributed by atoms with Crippen LogP contribution in [0.2, 0.25) is 0 Å². The Morgan fingerprint density at radius 2 is 2.00 bits per heavy atom. The summed E-state index contributed by atoms with van der Waals surface area (Å²) >= 11 is 0. The second-order valence-corrected chi connectivity index (χ2v) is 5.92. The van der Waals surface area contributed by atoms with E-state index in [2.05, 4.69) is 32.0 Å². The molecule has 2 saturated heterocycles. The number of hydrogen-bond acceptors (Lipinski definition) is 2. The first kappa shape index (κ1) is 12.2. The van der Waals surface area contributed by atoms with Crippen molar-refractivity contribution in [2.75, 3.05) is 0 Å². The number of ether oxygens (including phenoxy) is 1. The molecule has 2 heterocycles. The zero-order chi connectivity index (χ0) is 12.7. The first-order valence-corrected chi connectivity index (χ1v) is 7.04. The molecule has 98 valence electrons. The molecule has 2 heteroatoms. The third-order valence-corrected chi connectivity index (χ3v) is 4.70. The van der Waals surface area contributed by atoms with Gasteiger partial charge in [-0.3, -0.25) is 0 Å². The van der Waals surface area contributed by atoms with Crippen LogP contribution in [-0.2, 0) is 11.2 Å². The summed E-state index contributed by atoms with van der Waals surface area (Å²) in [5.41, 5.74) is 3.89. The van der Waals surface area contributed by atoms with Gasteiger partial charge in [0.15, 0.2) is 0 Å². The molecule has 4 atom stereocenters. The van der Waals surface area contributed by atoms with Crippen molar-refractivity contribution < 1.29 is 9.84 Å². The topological polar surface area (TPSA) is 29.5 Å². The molecule has 2 bridgehead atoms. The number of aliphatic hydroxyl groups excluding tert-OH is 1. The van der Waals surface area contributed by atoms with Crippen molar-refractivity contribution in [2.45, 2.75) is 57.8 Å². The Hall–Kier alpha value is -0.860. The van der Waals surface area contributed by atoms with Crippen molar-refractivity contribution in [3.63, 3.8) is 0 Å². The van der Waals surface area contributed by atoms with Crippen LogP contribution in [0.4, 0.5) is 0 Å². The summed E-state index contributed by atoms with van der Waals surface area (Å²) in [6, 6.07) is 6.35. The molecule has 4 unspecified atom stereocenters. The highest BCUT2D eigenvalue weighted by molar-refractivity contribution is 5.34. The van der Waals surface area contributed by atoms with Crippen LogP contribution in [0.5, 0.6) is 0 Å². The molecular weight excluding hydrogens is 224 g/mol. The second kappa shape index (κ2) is 4.67. The zero-order valence-electron chi connectivity index (χ0n) is 11.2. The minimum absolute atomic E-state index is 0.250. The van der Waals surface area contributed by atoms with Crippen molar-refractivity contribution in [3.05, 3.63) is 34.9 Å². The lowest BCUT2D eigenvalue weighted by Gasteiger charge is -2.25. The first-order valence-electron chi connectivity index (χ1n) is 7.04. The van der Waals surface area contributed by atoms with Gasteiger partial charge < -0.3 is 9.84 Å². The van der Waals surface area contributed by atoms with Gasteiger partial charge in [0, 0.05) is 5.92 Å². The van der Waals surface area contributed by atoms with E-state index in [-0.39, 0.29) is 6.10 Å². The highest BCUT2D eigenvalue weighted by Gasteiger charge is 2.43. The predicted molar refractivity (Wildman–Crippen MR) is 71.6 cm³/mol. The van der Waals surface area contributed by atoms with Crippen molar-refractivity contribution in [3.8, 4) is 0 Å². The van der Waals surface area contributed by atoms with E-state index in [1.165, 1.54) is 23.1 Å². The van der Waals surface area contributed by atoms with E-state index in [1.54, 1.807) is 0 Å². The van der Waals surface area contributed by atoms with Crippen LogP contribution in [0.1, 0.15) is 36.0 Å². The van der Waals surface area contributed by atoms with Crippen LogP contribution in [0, 0.1) is 19.8 Å². The summed E-state index contributed by atoms with van der Waals surface area (Å²) in [5, 5.41) is 10.5. The average Bonchev–Trinajstić information content (AvgIpc) is 2.96. The highest BCUT2D eigenvalue weighted by Crippen LogP contribution is 2.41. The summed E-state index contributed by atoms with van der Waals surface area (Å²) in [5.74, 6) is 0.350. The minimum Gasteiger partial charge on any atom is -0.392 e. The summed E-state index contributed by atoms with van der Waals surface area (Å²) in [6.07, 6.45) is 4.64. The fraction of sp³-hybridized carbons (Fsp3) is 0.625. The van der Waals surface area contributed by atoms with Crippen LogP contribution in [0.15, 0.2) is 18.2 Å². The molecule has 18 heavy (non-hydrogen) atoms. The number of rotatable bonds is 3. The number of hydrogen-bond donors (Lipinski definition) is 1. The molecule has 1 aromatic rings. The Morgan fingerprint density at radius 1 is 1.28 bits per heavy atom. The minimum atomic E-state index is -0.250. The largest absolute Gasteiger partial charge is 0.392 e. The van der Waals surface area contributed by atoms with E-state index < -0.39 is 0 Å². The third-order valence-electron chi connectivity index (χ3n) is 4.70. The SMILES string of the molecule is Cc1cccc(C)c1CC(O)C1CC2CCC1O2. The van der Waals surface area contributed by atoms with Gasteiger partial charge in [0.1, 0.15) is 0 Å². The van der Waals surface area contributed by atoms with Gasteiger partial charge in [-0.25, -0.2) is 0 Å². The molecule has 0 aromatic heterocycles. The van der Waals surface area contributed by atoms with Gasteiger partial charge in [0.25, 0.3) is 0 Å². The van der Waals surface area contributed by atoms with E-state index in [0.29, 0.717) is 18.1 Å². The molecule has 2 fully saturated rings. The van der Waals surface area contributed by atoms with E-state index in [9.17, 15) is 5.11 Å². The first-order chi connectivity index (χ1) is 8.65. The zero-order valence-corrected chi connectivity index (χ0v) is 11.2. The van der Waals surface area contributed by atoms with Crippen LogP contribution < -0.4 is 0 Å². The Morgan fingerprint density at radius 3 is 2.56 bits per heavy atom. The highest BCUT2D eigenvalue weighted by atomic mass is 16.5. The van der Waals surface area contributed by atoms with Crippen molar-refractivity contribution in [2.24, 2.45) is 5.92 Å². The molecule has 2 aliphatic heterocycles. The van der Waals surface area contributed by atoms with Crippen LogP contribution in [-0.4, -0.2) is 23.4 Å². The predicted octanol–water partition coefficient (Wildman–Crippen LogP) is 2.77. The second-order valence-electron chi connectivity index (χ2n) is 5.92. The lowest BCUT2D eigenvalue weighted by Crippen LogP contribution is -2.31. The Kier molecular flexibility index (Phi) is 3.16. The van der Waals surface area contributed by atoms with Gasteiger partial charge in [0.2, 0.25) is 0 Å². The summed E-state index contributed by atoms with van der Waals surface area (Å²) in [7, 11) is 0. The normalized spacial score (nSPS) is 31.8. The fourth-order valence-corrected chi connectivity index (χ4v) is 3.61. The molecule has 2 nitrogen and oxygen atoms in total. The molecule has 1 aromatic carbocycles. The number of fused-ring (bicyclic) bond motifs is 2. The lowest BCUT2D eigenvalue weighted by atomic mass is 9.82. The number of aliphatic hydroxyl groups is 1. The summed E-state index contributed by atoms with van der Waals surface area (Å²) < 4.78 is 5.84. The van der Waals surface area contributed by atoms with Crippen molar-refractivity contribution >= 4 is 0 Å². The van der Waals surface area contributed by atoms with Crippen LogP contribution >= 0.6 is 0 Å².